The third kappa shape index (κ3) is 3.36. The normalized spacial score (nSPS) is 11.5. The zero-order chi connectivity index (χ0) is 17.7. The van der Waals surface area contributed by atoms with E-state index >= 15 is 0 Å². The quantitative estimate of drug-likeness (QED) is 0.436. The van der Waals surface area contributed by atoms with Crippen LogP contribution in [-0.2, 0) is 9.53 Å². The lowest BCUT2D eigenvalue weighted by molar-refractivity contribution is -0.138. The minimum atomic E-state index is -0.335. The molecule has 0 aliphatic carbocycles. The van der Waals surface area contributed by atoms with E-state index in [0.29, 0.717) is 12.2 Å². The van der Waals surface area contributed by atoms with Crippen molar-refractivity contribution in [2.45, 2.75) is 18.7 Å². The zero-order valence-electron chi connectivity index (χ0n) is 14.6. The number of esters is 1. The summed E-state index contributed by atoms with van der Waals surface area (Å²) in [6.45, 7) is 3.87. The minimum Gasteiger partial charge on any atom is -0.495 e. The van der Waals surface area contributed by atoms with Gasteiger partial charge in [-0.2, -0.15) is 0 Å². The monoisotopic (exact) mass is 346 g/mol. The van der Waals surface area contributed by atoms with Crippen molar-refractivity contribution in [3.8, 4) is 11.5 Å². The number of hydrogen-bond donors (Lipinski definition) is 0. The maximum atomic E-state index is 12.0. The van der Waals surface area contributed by atoms with E-state index in [1.165, 1.54) is 0 Å². The third-order valence-corrected chi connectivity index (χ3v) is 4.50. The molecule has 24 heavy (non-hydrogen) atoms. The van der Waals surface area contributed by atoms with Crippen LogP contribution in [0.4, 0.5) is 0 Å². The van der Waals surface area contributed by atoms with Gasteiger partial charge in [0.15, 0.2) is 0 Å². The summed E-state index contributed by atoms with van der Waals surface area (Å²) in [6, 6.07) is 7.91. The van der Waals surface area contributed by atoms with E-state index in [9.17, 15) is 4.79 Å². The van der Waals surface area contributed by atoms with Gasteiger partial charge in [-0.3, -0.25) is 0 Å². The summed E-state index contributed by atoms with van der Waals surface area (Å²) in [5.74, 6) is 1.17. The van der Waals surface area contributed by atoms with Gasteiger partial charge in [-0.1, -0.05) is 24.3 Å². The first kappa shape index (κ1) is 18.2. The van der Waals surface area contributed by atoms with Crippen molar-refractivity contribution in [1.82, 2.24) is 0 Å². The molecule has 0 N–H and O–H groups in total. The number of carbonyl (C=O) groups excluding carboxylic acids is 1. The predicted molar refractivity (Wildman–Crippen MR) is 99.1 cm³/mol. The number of benzene rings is 2. The molecule has 0 fully saturated rings. The summed E-state index contributed by atoms with van der Waals surface area (Å²) >= 11 is 1.56. The number of methoxy groups -OCH3 is 2. The Morgan fingerprint density at radius 3 is 2.21 bits per heavy atom. The van der Waals surface area contributed by atoms with E-state index in [1.807, 2.05) is 30.5 Å². The molecule has 0 saturated carbocycles. The van der Waals surface area contributed by atoms with Crippen LogP contribution in [0.5, 0.6) is 11.5 Å². The fourth-order valence-electron chi connectivity index (χ4n) is 2.65. The van der Waals surface area contributed by atoms with E-state index in [0.717, 1.165) is 32.7 Å². The van der Waals surface area contributed by atoms with E-state index < -0.39 is 0 Å². The van der Waals surface area contributed by atoms with Crippen molar-refractivity contribution in [2.75, 3.05) is 27.1 Å². The van der Waals surface area contributed by atoms with E-state index in [1.54, 1.807) is 45.9 Å². The highest BCUT2D eigenvalue weighted by atomic mass is 32.2. The first-order valence-corrected chi connectivity index (χ1v) is 8.87. The van der Waals surface area contributed by atoms with E-state index in [4.69, 9.17) is 14.2 Å². The zero-order valence-corrected chi connectivity index (χ0v) is 15.5. The van der Waals surface area contributed by atoms with E-state index in [-0.39, 0.29) is 5.97 Å². The Morgan fingerprint density at radius 2 is 1.71 bits per heavy atom. The predicted octanol–water partition coefficient (Wildman–Crippen LogP) is 4.55. The van der Waals surface area contributed by atoms with Crippen LogP contribution < -0.4 is 9.47 Å². The molecule has 0 atom stereocenters. The van der Waals surface area contributed by atoms with Crippen molar-refractivity contribution < 1.29 is 19.0 Å². The molecule has 2 aromatic rings. The Kier molecular flexibility index (Phi) is 6.15. The molecule has 5 heteroatoms. The first-order chi connectivity index (χ1) is 11.6. The van der Waals surface area contributed by atoms with Gasteiger partial charge in [-0.25, -0.2) is 4.79 Å². The first-order valence-electron chi connectivity index (χ1n) is 7.65. The van der Waals surface area contributed by atoms with Gasteiger partial charge in [0.25, 0.3) is 0 Å². The lowest BCUT2D eigenvalue weighted by Crippen LogP contribution is -2.05. The van der Waals surface area contributed by atoms with E-state index in [2.05, 4.69) is 0 Å². The molecule has 0 saturated heterocycles. The van der Waals surface area contributed by atoms with Gasteiger partial charge in [0.2, 0.25) is 0 Å². The van der Waals surface area contributed by atoms with Gasteiger partial charge in [-0.15, -0.1) is 11.8 Å². The topological polar surface area (TPSA) is 44.8 Å². The highest BCUT2D eigenvalue weighted by Crippen LogP contribution is 2.45. The molecule has 0 aromatic heterocycles. The van der Waals surface area contributed by atoms with Crippen molar-refractivity contribution in [3.05, 3.63) is 35.4 Å². The molecular weight excluding hydrogens is 324 g/mol. The highest BCUT2D eigenvalue weighted by Gasteiger charge is 2.20. The lowest BCUT2D eigenvalue weighted by Gasteiger charge is -2.18. The standard InChI is InChI=1S/C19H22O4S/c1-6-23-19(20)12(2)11-15-16(21-3)13-9-7-8-10-14(13)17(22-4)18(15)24-5/h7-11H,6H2,1-5H3. The van der Waals surface area contributed by atoms with Crippen LogP contribution in [0.1, 0.15) is 19.4 Å². The number of rotatable bonds is 6. The number of thioether (sulfide) groups is 1. The average Bonchev–Trinajstić information content (AvgIpc) is 2.60. The Labute approximate surface area is 146 Å². The Balaban J connectivity index is 2.80. The SMILES string of the molecule is CCOC(=O)C(C)=Cc1c(SC)c(OC)c2ccccc2c1OC. The van der Waals surface area contributed by atoms with Crippen LogP contribution >= 0.6 is 11.8 Å². The summed E-state index contributed by atoms with van der Waals surface area (Å²) in [5, 5.41) is 1.92. The summed E-state index contributed by atoms with van der Waals surface area (Å²) in [6.07, 6.45) is 3.78. The third-order valence-electron chi connectivity index (χ3n) is 3.68. The van der Waals surface area contributed by atoms with Crippen molar-refractivity contribution in [3.63, 3.8) is 0 Å². The van der Waals surface area contributed by atoms with Crippen LogP contribution in [0.15, 0.2) is 34.7 Å². The van der Waals surface area contributed by atoms with Gasteiger partial charge < -0.3 is 14.2 Å². The van der Waals surface area contributed by atoms with Crippen molar-refractivity contribution in [2.24, 2.45) is 0 Å². The Hall–Kier alpha value is -2.14. The molecule has 128 valence electrons. The molecule has 2 aromatic carbocycles. The molecule has 0 unspecified atom stereocenters. The second-order valence-electron chi connectivity index (χ2n) is 5.11. The fraction of sp³-hybridized carbons (Fsp3) is 0.316. The Bertz CT molecular complexity index is 781. The Morgan fingerprint density at radius 1 is 1.12 bits per heavy atom. The molecule has 0 heterocycles. The van der Waals surface area contributed by atoms with Crippen LogP contribution in [0.3, 0.4) is 0 Å². The van der Waals surface area contributed by atoms with Crippen molar-refractivity contribution >= 4 is 34.6 Å². The van der Waals surface area contributed by atoms with Gasteiger partial charge in [0.1, 0.15) is 11.5 Å². The number of ether oxygens (including phenoxy) is 3. The van der Waals surface area contributed by atoms with Crippen molar-refractivity contribution in [1.29, 1.82) is 0 Å². The number of carbonyl (C=O) groups is 1. The molecule has 0 amide bonds. The molecule has 0 spiro atoms. The molecule has 2 rings (SSSR count). The van der Waals surface area contributed by atoms with Gasteiger partial charge in [-0.05, 0) is 26.2 Å². The minimum absolute atomic E-state index is 0.335. The summed E-state index contributed by atoms with van der Waals surface area (Å²) in [4.78, 5) is 12.9. The van der Waals surface area contributed by atoms with Crippen LogP contribution in [0.2, 0.25) is 0 Å². The van der Waals surface area contributed by atoms with Crippen LogP contribution in [0, 0.1) is 0 Å². The smallest absolute Gasteiger partial charge is 0.333 e. The molecule has 0 aliphatic rings. The largest absolute Gasteiger partial charge is 0.495 e. The molecule has 0 bridgehead atoms. The highest BCUT2D eigenvalue weighted by molar-refractivity contribution is 7.98. The summed E-state index contributed by atoms with van der Waals surface area (Å²) in [7, 11) is 3.29. The molecule has 4 nitrogen and oxygen atoms in total. The maximum Gasteiger partial charge on any atom is 0.333 e. The maximum absolute atomic E-state index is 12.0. The molecule has 0 radical (unpaired) electrons. The summed E-state index contributed by atoms with van der Waals surface area (Å²) in [5.41, 5.74) is 1.34. The van der Waals surface area contributed by atoms with Gasteiger partial charge >= 0.3 is 5.97 Å². The molecular formula is C19H22O4S. The second-order valence-corrected chi connectivity index (χ2v) is 5.92. The van der Waals surface area contributed by atoms with Crippen LogP contribution in [0.25, 0.3) is 16.8 Å². The lowest BCUT2D eigenvalue weighted by atomic mass is 10.0. The second kappa shape index (κ2) is 8.11. The number of fused-ring (bicyclic) bond motifs is 1. The van der Waals surface area contributed by atoms with Gasteiger partial charge in [0, 0.05) is 21.9 Å². The summed E-state index contributed by atoms with van der Waals surface area (Å²) < 4.78 is 16.4. The van der Waals surface area contributed by atoms with Gasteiger partial charge in [0.05, 0.1) is 25.7 Å². The average molecular weight is 346 g/mol. The number of hydrogen-bond acceptors (Lipinski definition) is 5. The van der Waals surface area contributed by atoms with Crippen LogP contribution in [-0.4, -0.2) is 33.1 Å². The molecule has 0 aliphatic heterocycles. The fourth-order valence-corrected chi connectivity index (χ4v) is 3.40.